The van der Waals surface area contributed by atoms with E-state index in [-0.39, 0.29) is 0 Å². The van der Waals surface area contributed by atoms with Gasteiger partial charge in [-0.15, -0.1) is 0 Å². The Kier molecular flexibility index (Phi) is 1.78. The predicted molar refractivity (Wildman–Crippen MR) is 50.5 cm³/mol. The first-order valence-corrected chi connectivity index (χ1v) is 4.30. The predicted octanol–water partition coefficient (Wildman–Crippen LogP) is 2.66. The van der Waals surface area contributed by atoms with Crippen molar-refractivity contribution >= 4 is 16.8 Å². The highest BCUT2D eigenvalue weighted by Crippen LogP contribution is 2.21. The van der Waals surface area contributed by atoms with Gasteiger partial charge in [-0.3, -0.25) is 0 Å². The SMILES string of the molecule is C1=CN=C2SC=CC=C2C=C1. The van der Waals surface area contributed by atoms with E-state index in [0.29, 0.717) is 0 Å². The number of allylic oxidation sites excluding steroid dienone is 5. The van der Waals surface area contributed by atoms with Crippen LogP contribution in [0.5, 0.6) is 0 Å². The van der Waals surface area contributed by atoms with Gasteiger partial charge in [0.05, 0.1) is 0 Å². The molecule has 0 saturated carbocycles. The first-order valence-electron chi connectivity index (χ1n) is 3.42. The van der Waals surface area contributed by atoms with Crippen LogP contribution in [0.4, 0.5) is 0 Å². The summed E-state index contributed by atoms with van der Waals surface area (Å²) < 4.78 is 0. The minimum Gasteiger partial charge on any atom is -0.249 e. The maximum atomic E-state index is 4.26. The molecule has 2 heterocycles. The molecule has 0 spiro atoms. The van der Waals surface area contributed by atoms with Crippen LogP contribution in [0.2, 0.25) is 0 Å². The first-order chi connectivity index (χ1) is 5.47. The van der Waals surface area contributed by atoms with Crippen molar-refractivity contribution in [2.45, 2.75) is 0 Å². The lowest BCUT2D eigenvalue weighted by Gasteiger charge is -2.04. The maximum Gasteiger partial charge on any atom is 0.107 e. The standard InChI is InChI=1S/C9H7NS/c1-2-6-10-9-8(4-1)5-3-7-11-9/h1-7H. The highest BCUT2D eigenvalue weighted by atomic mass is 32.2. The molecule has 0 atom stereocenters. The van der Waals surface area contributed by atoms with Crippen molar-refractivity contribution < 1.29 is 0 Å². The van der Waals surface area contributed by atoms with Crippen LogP contribution in [0, 0.1) is 0 Å². The second-order valence-corrected chi connectivity index (χ2v) is 3.10. The van der Waals surface area contributed by atoms with Crippen molar-refractivity contribution in [3.63, 3.8) is 0 Å². The number of thioether (sulfide) groups is 1. The molecule has 0 fully saturated rings. The molecule has 2 heteroatoms. The molecule has 0 bridgehead atoms. The molecular weight excluding hydrogens is 154 g/mol. The van der Waals surface area contributed by atoms with Crippen LogP contribution < -0.4 is 0 Å². The number of fused-ring (bicyclic) bond motifs is 1. The van der Waals surface area contributed by atoms with Gasteiger partial charge in [-0.05, 0) is 11.5 Å². The highest BCUT2D eigenvalue weighted by Gasteiger charge is 2.05. The molecule has 0 aliphatic carbocycles. The lowest BCUT2D eigenvalue weighted by atomic mass is 10.2. The average molecular weight is 161 g/mol. The monoisotopic (exact) mass is 161 g/mol. The van der Waals surface area contributed by atoms with Crippen molar-refractivity contribution in [2.75, 3.05) is 0 Å². The topological polar surface area (TPSA) is 12.4 Å². The Hall–Kier alpha value is -1.02. The van der Waals surface area contributed by atoms with E-state index >= 15 is 0 Å². The molecule has 0 aromatic rings. The van der Waals surface area contributed by atoms with Crippen molar-refractivity contribution in [1.82, 2.24) is 0 Å². The molecule has 0 saturated heterocycles. The summed E-state index contributed by atoms with van der Waals surface area (Å²) in [6.07, 6.45) is 11.9. The zero-order valence-electron chi connectivity index (χ0n) is 5.90. The number of hydrogen-bond acceptors (Lipinski definition) is 2. The van der Waals surface area contributed by atoms with Crippen LogP contribution >= 0.6 is 11.8 Å². The van der Waals surface area contributed by atoms with Crippen LogP contribution in [0.25, 0.3) is 0 Å². The van der Waals surface area contributed by atoms with Crippen LogP contribution in [0.1, 0.15) is 0 Å². The molecule has 2 rings (SSSR count). The van der Waals surface area contributed by atoms with Gasteiger partial charge in [-0.1, -0.05) is 36.1 Å². The second-order valence-electron chi connectivity index (χ2n) is 2.20. The summed E-state index contributed by atoms with van der Waals surface area (Å²) in [4.78, 5) is 4.26. The molecule has 0 aromatic heterocycles. The largest absolute Gasteiger partial charge is 0.249 e. The zero-order valence-corrected chi connectivity index (χ0v) is 6.71. The summed E-state index contributed by atoms with van der Waals surface area (Å²) in [6.45, 7) is 0. The summed E-state index contributed by atoms with van der Waals surface area (Å²) in [6, 6.07) is 0. The molecule has 0 unspecified atom stereocenters. The average Bonchev–Trinajstić information content (AvgIpc) is 2.28. The zero-order chi connectivity index (χ0) is 7.52. The lowest BCUT2D eigenvalue weighted by molar-refractivity contribution is 1.59. The van der Waals surface area contributed by atoms with Gasteiger partial charge in [0.25, 0.3) is 0 Å². The molecule has 0 N–H and O–H groups in total. The van der Waals surface area contributed by atoms with Crippen molar-refractivity contribution in [3.8, 4) is 0 Å². The Morgan fingerprint density at radius 1 is 1.18 bits per heavy atom. The fraction of sp³-hybridized carbons (Fsp3) is 0. The van der Waals surface area contributed by atoms with Crippen molar-refractivity contribution in [2.24, 2.45) is 4.99 Å². The number of rotatable bonds is 0. The van der Waals surface area contributed by atoms with Crippen molar-refractivity contribution in [3.05, 3.63) is 47.6 Å². The molecule has 11 heavy (non-hydrogen) atoms. The van der Waals surface area contributed by atoms with Gasteiger partial charge in [0.1, 0.15) is 5.04 Å². The third-order valence-corrected chi connectivity index (χ3v) is 2.30. The quantitative estimate of drug-likeness (QED) is 0.532. The third-order valence-electron chi connectivity index (χ3n) is 1.45. The number of hydrogen-bond donors (Lipinski definition) is 0. The van der Waals surface area contributed by atoms with Crippen molar-refractivity contribution in [1.29, 1.82) is 0 Å². The summed E-state index contributed by atoms with van der Waals surface area (Å²) >= 11 is 1.66. The Labute approximate surface area is 69.9 Å². The smallest absolute Gasteiger partial charge is 0.107 e. The van der Waals surface area contributed by atoms with E-state index in [1.54, 1.807) is 11.8 Å². The van der Waals surface area contributed by atoms with E-state index in [9.17, 15) is 0 Å². The molecule has 0 aromatic carbocycles. The molecular formula is C9H7NS. The van der Waals surface area contributed by atoms with Gasteiger partial charge in [-0.2, -0.15) is 0 Å². The normalized spacial score (nSPS) is 20.4. The Balaban J connectivity index is 2.44. The third kappa shape index (κ3) is 1.35. The van der Waals surface area contributed by atoms with Gasteiger partial charge in [0.2, 0.25) is 0 Å². The summed E-state index contributed by atoms with van der Waals surface area (Å²) in [5, 5.41) is 3.12. The fourth-order valence-electron chi connectivity index (χ4n) is 0.937. The van der Waals surface area contributed by atoms with E-state index in [0.717, 1.165) is 5.04 Å². The lowest BCUT2D eigenvalue weighted by Crippen LogP contribution is -1.94. The highest BCUT2D eigenvalue weighted by molar-refractivity contribution is 8.17. The van der Waals surface area contributed by atoms with Gasteiger partial charge >= 0.3 is 0 Å². The van der Waals surface area contributed by atoms with Crippen LogP contribution in [-0.2, 0) is 0 Å². The summed E-state index contributed by atoms with van der Waals surface area (Å²) in [5.41, 5.74) is 1.20. The maximum absolute atomic E-state index is 4.26. The van der Waals surface area contributed by atoms with E-state index in [1.807, 2.05) is 29.8 Å². The second kappa shape index (κ2) is 2.93. The van der Waals surface area contributed by atoms with E-state index in [1.165, 1.54) is 5.57 Å². The fourth-order valence-corrected chi connectivity index (χ4v) is 1.62. The van der Waals surface area contributed by atoms with Gasteiger partial charge in [-0.25, -0.2) is 4.99 Å². The van der Waals surface area contributed by atoms with Gasteiger partial charge in [0.15, 0.2) is 0 Å². The molecule has 2 aliphatic rings. The van der Waals surface area contributed by atoms with Crippen LogP contribution in [-0.4, -0.2) is 5.04 Å². The molecule has 1 nitrogen and oxygen atoms in total. The van der Waals surface area contributed by atoms with Gasteiger partial charge in [0, 0.05) is 11.8 Å². The first kappa shape index (κ1) is 6.68. The molecule has 2 aliphatic heterocycles. The Morgan fingerprint density at radius 2 is 2.18 bits per heavy atom. The van der Waals surface area contributed by atoms with Crippen LogP contribution in [0.3, 0.4) is 0 Å². The Bertz CT molecular complexity index is 306. The van der Waals surface area contributed by atoms with E-state index in [2.05, 4.69) is 17.1 Å². The van der Waals surface area contributed by atoms with Gasteiger partial charge < -0.3 is 0 Å². The summed E-state index contributed by atoms with van der Waals surface area (Å²) in [5.74, 6) is 0. The molecule has 0 amide bonds. The Morgan fingerprint density at radius 3 is 3.18 bits per heavy atom. The summed E-state index contributed by atoms with van der Waals surface area (Å²) in [7, 11) is 0. The van der Waals surface area contributed by atoms with Crippen LogP contribution in [0.15, 0.2) is 52.6 Å². The molecule has 54 valence electrons. The van der Waals surface area contributed by atoms with E-state index < -0.39 is 0 Å². The number of aliphatic imine (C=N–C) groups is 1. The minimum absolute atomic E-state index is 1.08. The minimum atomic E-state index is 1.08. The molecule has 0 radical (unpaired) electrons. The van der Waals surface area contributed by atoms with E-state index in [4.69, 9.17) is 0 Å². The number of nitrogens with zero attached hydrogens (tertiary/aromatic N) is 1.